The van der Waals surface area contributed by atoms with Gasteiger partial charge in [0.25, 0.3) is 5.56 Å². The predicted octanol–water partition coefficient (Wildman–Crippen LogP) is 3.48. The summed E-state index contributed by atoms with van der Waals surface area (Å²) < 4.78 is 7.00. The van der Waals surface area contributed by atoms with Crippen molar-refractivity contribution in [1.29, 1.82) is 0 Å². The highest BCUT2D eigenvalue weighted by atomic mass is 127. The minimum Gasteiger partial charge on any atom is -0.444 e. The molecule has 0 bridgehead atoms. The summed E-state index contributed by atoms with van der Waals surface area (Å²) >= 11 is 0. The van der Waals surface area contributed by atoms with Gasteiger partial charge in [-0.25, -0.2) is 4.79 Å². The van der Waals surface area contributed by atoms with Crippen LogP contribution in [0.5, 0.6) is 0 Å². The molecule has 182 valence electrons. The van der Waals surface area contributed by atoms with Crippen molar-refractivity contribution in [3.63, 3.8) is 0 Å². The molecule has 9 heteroatoms. The number of pyridine rings is 1. The molecule has 0 saturated carbocycles. The van der Waals surface area contributed by atoms with E-state index in [1.54, 1.807) is 29.9 Å². The van der Waals surface area contributed by atoms with E-state index in [-0.39, 0.29) is 29.5 Å². The zero-order chi connectivity index (χ0) is 23.8. The van der Waals surface area contributed by atoms with Crippen molar-refractivity contribution in [2.45, 2.75) is 58.8 Å². The van der Waals surface area contributed by atoms with Crippen LogP contribution in [-0.2, 0) is 17.8 Å². The number of guanidine groups is 1. The SMILES string of the molecule is CN=C(NCc1ccc(Cn2ccccc2=O)cc1)NCC(C)(C)NC(=O)OC(C)(C)C.I. The molecule has 1 aromatic carbocycles. The molecule has 1 aromatic heterocycles. The number of carbonyl (C=O) groups is 1. The highest BCUT2D eigenvalue weighted by molar-refractivity contribution is 14.0. The third kappa shape index (κ3) is 10.7. The first-order valence-electron chi connectivity index (χ1n) is 10.7. The highest BCUT2D eigenvalue weighted by Gasteiger charge is 2.24. The predicted molar refractivity (Wildman–Crippen MR) is 143 cm³/mol. The van der Waals surface area contributed by atoms with Gasteiger partial charge in [0.1, 0.15) is 5.60 Å². The van der Waals surface area contributed by atoms with Crippen molar-refractivity contribution in [3.8, 4) is 0 Å². The summed E-state index contributed by atoms with van der Waals surface area (Å²) in [6.45, 7) is 10.9. The Hall–Kier alpha value is -2.56. The van der Waals surface area contributed by atoms with E-state index in [2.05, 4.69) is 20.9 Å². The van der Waals surface area contributed by atoms with Crippen LogP contribution in [0.2, 0.25) is 0 Å². The van der Waals surface area contributed by atoms with E-state index in [4.69, 9.17) is 4.74 Å². The first kappa shape index (κ1) is 28.5. The molecule has 3 N–H and O–H groups in total. The van der Waals surface area contributed by atoms with Crippen LogP contribution < -0.4 is 21.5 Å². The summed E-state index contributed by atoms with van der Waals surface area (Å²) in [7, 11) is 1.70. The Morgan fingerprint density at radius 1 is 1.00 bits per heavy atom. The molecule has 33 heavy (non-hydrogen) atoms. The van der Waals surface area contributed by atoms with Crippen LogP contribution in [0.3, 0.4) is 0 Å². The molecule has 0 aliphatic carbocycles. The number of amides is 1. The largest absolute Gasteiger partial charge is 0.444 e. The topological polar surface area (TPSA) is 96.8 Å². The number of aliphatic imine (C=N–C) groups is 1. The van der Waals surface area contributed by atoms with E-state index in [9.17, 15) is 9.59 Å². The van der Waals surface area contributed by atoms with Crippen molar-refractivity contribution >= 4 is 36.0 Å². The van der Waals surface area contributed by atoms with Gasteiger partial charge in [0, 0.05) is 32.4 Å². The van der Waals surface area contributed by atoms with Crippen molar-refractivity contribution in [2.75, 3.05) is 13.6 Å². The van der Waals surface area contributed by atoms with Gasteiger partial charge < -0.3 is 25.3 Å². The van der Waals surface area contributed by atoms with Crippen LogP contribution in [0.1, 0.15) is 45.7 Å². The van der Waals surface area contributed by atoms with Crippen LogP contribution >= 0.6 is 24.0 Å². The number of aromatic nitrogens is 1. The van der Waals surface area contributed by atoms with E-state index in [1.807, 2.05) is 65.0 Å². The highest BCUT2D eigenvalue weighted by Crippen LogP contribution is 2.09. The molecular formula is C24H36IN5O3. The zero-order valence-electron chi connectivity index (χ0n) is 20.3. The van der Waals surface area contributed by atoms with Gasteiger partial charge in [-0.2, -0.15) is 0 Å². The van der Waals surface area contributed by atoms with E-state index in [0.29, 0.717) is 25.6 Å². The number of ether oxygens (including phenoxy) is 1. The normalized spacial score (nSPS) is 11.9. The van der Waals surface area contributed by atoms with E-state index < -0.39 is 17.2 Å². The monoisotopic (exact) mass is 569 g/mol. The van der Waals surface area contributed by atoms with Crippen molar-refractivity contribution in [2.24, 2.45) is 4.99 Å². The Kier molecular flexibility index (Phi) is 10.9. The van der Waals surface area contributed by atoms with Gasteiger partial charge in [-0.05, 0) is 51.8 Å². The minimum absolute atomic E-state index is 0. The Morgan fingerprint density at radius 3 is 2.21 bits per heavy atom. The fraction of sp³-hybridized carbons (Fsp3) is 0.458. The summed E-state index contributed by atoms with van der Waals surface area (Å²) in [5.74, 6) is 0.629. The quantitative estimate of drug-likeness (QED) is 0.270. The lowest BCUT2D eigenvalue weighted by Crippen LogP contribution is -2.54. The number of benzene rings is 1. The molecule has 0 saturated heterocycles. The number of halogens is 1. The number of nitrogens with one attached hydrogen (secondary N) is 3. The van der Waals surface area contributed by atoms with Crippen LogP contribution in [0, 0.1) is 0 Å². The van der Waals surface area contributed by atoms with Gasteiger partial charge in [0.05, 0.1) is 12.1 Å². The van der Waals surface area contributed by atoms with E-state index >= 15 is 0 Å². The zero-order valence-corrected chi connectivity index (χ0v) is 22.6. The maximum atomic E-state index is 12.0. The lowest BCUT2D eigenvalue weighted by molar-refractivity contribution is 0.0474. The Balaban J connectivity index is 0.00000544. The summed E-state index contributed by atoms with van der Waals surface area (Å²) in [4.78, 5) is 28.1. The molecule has 8 nitrogen and oxygen atoms in total. The summed E-state index contributed by atoms with van der Waals surface area (Å²) in [6, 6.07) is 13.2. The summed E-state index contributed by atoms with van der Waals surface area (Å²) in [5, 5.41) is 9.36. The second-order valence-electron chi connectivity index (χ2n) is 9.27. The van der Waals surface area contributed by atoms with Crippen LogP contribution in [0.25, 0.3) is 0 Å². The number of nitrogens with zero attached hydrogens (tertiary/aromatic N) is 2. The lowest BCUT2D eigenvalue weighted by atomic mass is 10.1. The molecule has 0 atom stereocenters. The van der Waals surface area contributed by atoms with Gasteiger partial charge in [0.2, 0.25) is 0 Å². The molecule has 0 radical (unpaired) electrons. The first-order chi connectivity index (χ1) is 15.0. The van der Waals surface area contributed by atoms with Gasteiger partial charge in [0.15, 0.2) is 5.96 Å². The van der Waals surface area contributed by atoms with Gasteiger partial charge in [-0.3, -0.25) is 9.79 Å². The second kappa shape index (κ2) is 12.6. The van der Waals surface area contributed by atoms with Gasteiger partial charge in [-0.15, -0.1) is 24.0 Å². The summed E-state index contributed by atoms with van der Waals surface area (Å²) in [5.41, 5.74) is 1.05. The lowest BCUT2D eigenvalue weighted by Gasteiger charge is -2.29. The van der Waals surface area contributed by atoms with E-state index in [1.165, 1.54) is 0 Å². The maximum Gasteiger partial charge on any atom is 0.408 e. The van der Waals surface area contributed by atoms with Gasteiger partial charge >= 0.3 is 6.09 Å². The molecule has 1 heterocycles. The molecule has 2 aromatic rings. The molecular weight excluding hydrogens is 533 g/mol. The molecule has 1 amide bonds. The smallest absolute Gasteiger partial charge is 0.408 e. The maximum absolute atomic E-state index is 12.0. The first-order valence-corrected chi connectivity index (χ1v) is 10.7. The fourth-order valence-electron chi connectivity index (χ4n) is 2.89. The third-order valence-electron chi connectivity index (χ3n) is 4.50. The molecule has 0 fully saturated rings. The Bertz CT molecular complexity index is 979. The molecule has 2 rings (SSSR count). The average molecular weight is 569 g/mol. The van der Waals surface area contributed by atoms with Crippen LogP contribution in [-0.4, -0.2) is 41.4 Å². The molecule has 0 aliphatic heterocycles. The average Bonchev–Trinajstić information content (AvgIpc) is 2.69. The van der Waals surface area contributed by atoms with Gasteiger partial charge in [-0.1, -0.05) is 30.3 Å². The molecule has 0 spiro atoms. The molecule has 0 aliphatic rings. The molecule has 0 unspecified atom stereocenters. The number of alkyl carbamates (subject to hydrolysis) is 1. The minimum atomic E-state index is -0.544. The Labute approximate surface area is 213 Å². The number of carbonyl (C=O) groups excluding carboxylic acids is 1. The standard InChI is InChI=1S/C24H35N5O3.HI/c1-23(2,3)32-22(31)28-24(4,5)17-27-21(25-6)26-15-18-10-12-19(13-11-18)16-29-14-8-7-9-20(29)30;/h7-14H,15-17H2,1-6H3,(H,28,31)(H2,25,26,27);1H. The Morgan fingerprint density at radius 2 is 1.64 bits per heavy atom. The third-order valence-corrected chi connectivity index (χ3v) is 4.50. The van der Waals surface area contributed by atoms with E-state index in [0.717, 1.165) is 11.1 Å². The van der Waals surface area contributed by atoms with Crippen molar-refractivity contribution in [3.05, 3.63) is 70.1 Å². The number of hydrogen-bond donors (Lipinski definition) is 3. The number of rotatable bonds is 7. The van der Waals surface area contributed by atoms with Crippen LogP contribution in [0.4, 0.5) is 4.79 Å². The summed E-state index contributed by atoms with van der Waals surface area (Å²) in [6.07, 6.45) is 1.33. The fourth-order valence-corrected chi connectivity index (χ4v) is 2.89. The second-order valence-corrected chi connectivity index (χ2v) is 9.27. The van der Waals surface area contributed by atoms with Crippen molar-refractivity contribution < 1.29 is 9.53 Å². The van der Waals surface area contributed by atoms with Crippen molar-refractivity contribution in [1.82, 2.24) is 20.5 Å². The van der Waals surface area contributed by atoms with Crippen LogP contribution in [0.15, 0.2) is 58.4 Å². The number of hydrogen-bond acceptors (Lipinski definition) is 4.